The van der Waals surface area contributed by atoms with E-state index in [1.54, 1.807) is 6.07 Å². The highest BCUT2D eigenvalue weighted by molar-refractivity contribution is 5.55. The molecule has 0 saturated carbocycles. The zero-order chi connectivity index (χ0) is 13.1. The van der Waals surface area contributed by atoms with Crippen LogP contribution in [-0.2, 0) is 6.54 Å². The molecule has 0 saturated heterocycles. The van der Waals surface area contributed by atoms with Crippen molar-refractivity contribution >= 4 is 11.4 Å². The Labute approximate surface area is 107 Å². The Morgan fingerprint density at radius 1 is 1.17 bits per heavy atom. The van der Waals surface area contributed by atoms with Crippen LogP contribution >= 0.6 is 0 Å². The molecule has 2 rings (SSSR count). The Bertz CT molecular complexity index is 552. The van der Waals surface area contributed by atoms with Crippen molar-refractivity contribution in [3.8, 4) is 0 Å². The van der Waals surface area contributed by atoms with Crippen molar-refractivity contribution in [2.45, 2.75) is 13.5 Å². The molecule has 0 aliphatic carbocycles. The van der Waals surface area contributed by atoms with Gasteiger partial charge in [-0.05, 0) is 36.2 Å². The van der Waals surface area contributed by atoms with Gasteiger partial charge in [-0.25, -0.2) is 4.39 Å². The van der Waals surface area contributed by atoms with E-state index in [0.29, 0.717) is 12.2 Å². The van der Waals surface area contributed by atoms with E-state index in [0.717, 1.165) is 11.3 Å². The molecule has 2 N–H and O–H groups in total. The first kappa shape index (κ1) is 12.4. The minimum atomic E-state index is -0.296. The highest BCUT2D eigenvalue weighted by Crippen LogP contribution is 2.22. The predicted octanol–water partition coefficient (Wildman–Crippen LogP) is 3.35. The standard InChI is InChI=1S/C15H17FN2/c1-11-5-3-4-6-15(11)18(2)10-12-7-8-13(16)9-14(12)17/h3-9H,10,17H2,1-2H3. The molecule has 0 fully saturated rings. The molecule has 0 heterocycles. The molecule has 2 aromatic carbocycles. The SMILES string of the molecule is Cc1ccccc1N(C)Cc1ccc(F)cc1N. The molecule has 0 atom stereocenters. The van der Waals surface area contributed by atoms with E-state index in [1.165, 1.54) is 17.7 Å². The van der Waals surface area contributed by atoms with Gasteiger partial charge in [0.05, 0.1) is 0 Å². The number of benzene rings is 2. The topological polar surface area (TPSA) is 29.3 Å². The first-order valence-electron chi connectivity index (χ1n) is 5.88. The van der Waals surface area contributed by atoms with Crippen LogP contribution in [0.5, 0.6) is 0 Å². The first-order chi connectivity index (χ1) is 8.58. The summed E-state index contributed by atoms with van der Waals surface area (Å²) in [7, 11) is 2.01. The zero-order valence-corrected chi connectivity index (χ0v) is 10.7. The Hall–Kier alpha value is -2.03. The maximum atomic E-state index is 13.0. The van der Waals surface area contributed by atoms with Gasteiger partial charge < -0.3 is 10.6 Å². The highest BCUT2D eigenvalue weighted by atomic mass is 19.1. The second-order valence-electron chi connectivity index (χ2n) is 4.49. The summed E-state index contributed by atoms with van der Waals surface area (Å²) in [5.74, 6) is -0.296. The number of hydrogen-bond acceptors (Lipinski definition) is 2. The van der Waals surface area contributed by atoms with Crippen molar-refractivity contribution < 1.29 is 4.39 Å². The second kappa shape index (κ2) is 5.08. The van der Waals surface area contributed by atoms with Crippen molar-refractivity contribution in [1.29, 1.82) is 0 Å². The normalized spacial score (nSPS) is 10.4. The molecule has 0 unspecified atom stereocenters. The van der Waals surface area contributed by atoms with Gasteiger partial charge in [-0.3, -0.25) is 0 Å². The van der Waals surface area contributed by atoms with Crippen molar-refractivity contribution in [1.82, 2.24) is 0 Å². The lowest BCUT2D eigenvalue weighted by Gasteiger charge is -2.22. The Balaban J connectivity index is 2.21. The molecule has 0 aliphatic rings. The highest BCUT2D eigenvalue weighted by Gasteiger charge is 2.07. The van der Waals surface area contributed by atoms with Gasteiger partial charge in [0.25, 0.3) is 0 Å². The Morgan fingerprint density at radius 2 is 1.89 bits per heavy atom. The molecule has 0 spiro atoms. The Morgan fingerprint density at radius 3 is 2.56 bits per heavy atom. The molecule has 0 bridgehead atoms. The van der Waals surface area contributed by atoms with Crippen LogP contribution < -0.4 is 10.6 Å². The number of nitrogens with zero attached hydrogens (tertiary/aromatic N) is 1. The van der Waals surface area contributed by atoms with E-state index in [2.05, 4.69) is 24.0 Å². The fourth-order valence-electron chi connectivity index (χ4n) is 2.04. The van der Waals surface area contributed by atoms with Crippen molar-refractivity contribution in [2.24, 2.45) is 0 Å². The summed E-state index contributed by atoms with van der Waals surface area (Å²) in [6.45, 7) is 2.73. The first-order valence-corrected chi connectivity index (χ1v) is 5.88. The van der Waals surface area contributed by atoms with Crippen LogP contribution in [0.15, 0.2) is 42.5 Å². The van der Waals surface area contributed by atoms with E-state index >= 15 is 0 Å². The quantitative estimate of drug-likeness (QED) is 0.839. The smallest absolute Gasteiger partial charge is 0.125 e. The van der Waals surface area contributed by atoms with Gasteiger partial charge in [0.1, 0.15) is 5.82 Å². The van der Waals surface area contributed by atoms with E-state index in [4.69, 9.17) is 5.73 Å². The molecule has 18 heavy (non-hydrogen) atoms. The lowest BCUT2D eigenvalue weighted by molar-refractivity contribution is 0.627. The number of halogens is 1. The van der Waals surface area contributed by atoms with Crippen LogP contribution in [0.4, 0.5) is 15.8 Å². The molecule has 94 valence electrons. The van der Waals surface area contributed by atoms with Crippen LogP contribution in [0.1, 0.15) is 11.1 Å². The number of para-hydroxylation sites is 1. The van der Waals surface area contributed by atoms with Crippen molar-refractivity contribution in [3.63, 3.8) is 0 Å². The summed E-state index contributed by atoms with van der Waals surface area (Å²) in [4.78, 5) is 2.11. The van der Waals surface area contributed by atoms with E-state index in [-0.39, 0.29) is 5.82 Å². The van der Waals surface area contributed by atoms with Gasteiger partial charge in [0.2, 0.25) is 0 Å². The number of nitrogens with two attached hydrogens (primary N) is 1. The van der Waals surface area contributed by atoms with E-state index in [9.17, 15) is 4.39 Å². The number of hydrogen-bond donors (Lipinski definition) is 1. The number of rotatable bonds is 3. The number of nitrogen functional groups attached to an aromatic ring is 1. The summed E-state index contributed by atoms with van der Waals surface area (Å²) in [6, 6.07) is 12.7. The van der Waals surface area contributed by atoms with Crippen LogP contribution in [0.3, 0.4) is 0 Å². The third kappa shape index (κ3) is 2.62. The van der Waals surface area contributed by atoms with Crippen LogP contribution in [0.2, 0.25) is 0 Å². The minimum Gasteiger partial charge on any atom is -0.398 e. The summed E-state index contributed by atoms with van der Waals surface area (Å²) < 4.78 is 13.0. The van der Waals surface area contributed by atoms with Gasteiger partial charge in [0, 0.05) is 25.0 Å². The lowest BCUT2D eigenvalue weighted by Crippen LogP contribution is -2.18. The van der Waals surface area contributed by atoms with E-state index in [1.807, 2.05) is 19.2 Å². The van der Waals surface area contributed by atoms with Gasteiger partial charge in [0.15, 0.2) is 0 Å². The van der Waals surface area contributed by atoms with Crippen LogP contribution in [-0.4, -0.2) is 7.05 Å². The molecule has 2 aromatic rings. The summed E-state index contributed by atoms with van der Waals surface area (Å²) >= 11 is 0. The van der Waals surface area contributed by atoms with Gasteiger partial charge in [-0.2, -0.15) is 0 Å². The average molecular weight is 244 g/mol. The van der Waals surface area contributed by atoms with Crippen LogP contribution in [0.25, 0.3) is 0 Å². The summed E-state index contributed by atoms with van der Waals surface area (Å²) in [6.07, 6.45) is 0. The van der Waals surface area contributed by atoms with Gasteiger partial charge >= 0.3 is 0 Å². The third-order valence-corrected chi connectivity index (χ3v) is 3.04. The van der Waals surface area contributed by atoms with Crippen molar-refractivity contribution in [3.05, 3.63) is 59.4 Å². The summed E-state index contributed by atoms with van der Waals surface area (Å²) in [5.41, 5.74) is 9.61. The molecule has 0 amide bonds. The minimum absolute atomic E-state index is 0.296. The lowest BCUT2D eigenvalue weighted by atomic mass is 10.1. The average Bonchev–Trinajstić information content (AvgIpc) is 2.33. The molecule has 0 aromatic heterocycles. The number of aryl methyl sites for hydroxylation is 1. The third-order valence-electron chi connectivity index (χ3n) is 3.04. The molecule has 0 aliphatic heterocycles. The molecular weight excluding hydrogens is 227 g/mol. The van der Waals surface area contributed by atoms with Crippen molar-refractivity contribution in [2.75, 3.05) is 17.7 Å². The largest absolute Gasteiger partial charge is 0.398 e. The fraction of sp³-hybridized carbons (Fsp3) is 0.200. The maximum Gasteiger partial charge on any atom is 0.125 e. The molecule has 2 nitrogen and oxygen atoms in total. The number of anilines is 2. The van der Waals surface area contributed by atoms with E-state index < -0.39 is 0 Å². The molecular formula is C15H17FN2. The fourth-order valence-corrected chi connectivity index (χ4v) is 2.04. The summed E-state index contributed by atoms with van der Waals surface area (Å²) in [5, 5.41) is 0. The van der Waals surface area contributed by atoms with Gasteiger partial charge in [-0.1, -0.05) is 24.3 Å². The molecule has 3 heteroatoms. The predicted molar refractivity (Wildman–Crippen MR) is 74.1 cm³/mol. The maximum absolute atomic E-state index is 13.0. The second-order valence-corrected chi connectivity index (χ2v) is 4.49. The monoisotopic (exact) mass is 244 g/mol. The van der Waals surface area contributed by atoms with Crippen LogP contribution in [0, 0.1) is 12.7 Å². The Kier molecular flexibility index (Phi) is 3.51. The zero-order valence-electron chi connectivity index (χ0n) is 10.7. The van der Waals surface area contributed by atoms with Gasteiger partial charge in [-0.15, -0.1) is 0 Å². The molecule has 0 radical (unpaired) electrons.